The van der Waals surface area contributed by atoms with Crippen LogP contribution in [0.3, 0.4) is 0 Å². The van der Waals surface area contributed by atoms with Crippen LogP contribution in [0.5, 0.6) is 0 Å². The molecule has 1 unspecified atom stereocenters. The van der Waals surface area contributed by atoms with Crippen LogP contribution in [0.1, 0.15) is 46.5 Å². The Labute approximate surface area is 221 Å². The van der Waals surface area contributed by atoms with E-state index in [1.54, 1.807) is 19.2 Å². The van der Waals surface area contributed by atoms with Gasteiger partial charge in [-0.05, 0) is 73.1 Å². The summed E-state index contributed by atoms with van der Waals surface area (Å²) >= 11 is -1.36. The molecular formula is C27H27F3N6OS. The summed E-state index contributed by atoms with van der Waals surface area (Å²) in [4.78, 5) is 7.46. The third-order valence-electron chi connectivity index (χ3n) is 7.85. The first-order valence-electron chi connectivity index (χ1n) is 12.4. The number of hydrogen-bond donors (Lipinski definition) is 0. The van der Waals surface area contributed by atoms with Crippen LogP contribution < -0.4 is 4.90 Å². The molecule has 1 fully saturated rings. The number of pyridine rings is 2. The molecule has 1 atom stereocenters. The first-order chi connectivity index (χ1) is 18.1. The molecule has 0 saturated heterocycles. The van der Waals surface area contributed by atoms with Crippen LogP contribution in [0, 0.1) is 13.8 Å². The van der Waals surface area contributed by atoms with Gasteiger partial charge in [-0.2, -0.15) is 13.2 Å². The Morgan fingerprint density at radius 2 is 1.87 bits per heavy atom. The number of anilines is 1. The molecule has 3 aromatic heterocycles. The molecule has 0 radical (unpaired) electrons. The summed E-state index contributed by atoms with van der Waals surface area (Å²) in [5.41, 5.74) is 4.88. The third-order valence-corrected chi connectivity index (χ3v) is 9.27. The Kier molecular flexibility index (Phi) is 5.93. The minimum Gasteiger partial charge on any atom is -0.593 e. The molecule has 1 aliphatic heterocycles. The lowest BCUT2D eigenvalue weighted by molar-refractivity contribution is -0.145. The molecule has 1 aromatic carbocycles. The minimum absolute atomic E-state index is 0.0547. The van der Waals surface area contributed by atoms with E-state index in [2.05, 4.69) is 26.1 Å². The molecule has 0 amide bonds. The van der Waals surface area contributed by atoms with Crippen molar-refractivity contribution in [2.75, 3.05) is 18.5 Å². The van der Waals surface area contributed by atoms with Crippen molar-refractivity contribution in [2.45, 2.75) is 56.3 Å². The van der Waals surface area contributed by atoms with Gasteiger partial charge in [-0.25, -0.2) is 4.98 Å². The second-order valence-electron chi connectivity index (χ2n) is 10.3. The highest BCUT2D eigenvalue weighted by atomic mass is 32.2. The molecule has 1 saturated carbocycles. The van der Waals surface area contributed by atoms with Gasteiger partial charge in [0.15, 0.2) is 11.5 Å². The normalized spacial score (nSPS) is 19.1. The molecule has 198 valence electrons. The van der Waals surface area contributed by atoms with Crippen molar-refractivity contribution in [3.8, 4) is 0 Å². The van der Waals surface area contributed by atoms with E-state index in [1.807, 2.05) is 42.5 Å². The zero-order chi connectivity index (χ0) is 26.8. The van der Waals surface area contributed by atoms with Crippen molar-refractivity contribution in [1.29, 1.82) is 0 Å². The summed E-state index contributed by atoms with van der Waals surface area (Å²) in [5, 5.41) is 7.17. The van der Waals surface area contributed by atoms with E-state index in [-0.39, 0.29) is 11.2 Å². The monoisotopic (exact) mass is 540 g/mol. The van der Waals surface area contributed by atoms with E-state index in [1.165, 1.54) is 6.20 Å². The number of benzene rings is 1. The molecule has 4 aromatic rings. The largest absolute Gasteiger partial charge is 0.593 e. The summed E-state index contributed by atoms with van der Waals surface area (Å²) in [6.07, 6.45) is 1.16. The summed E-state index contributed by atoms with van der Waals surface area (Å²) in [7, 11) is 2.04. The van der Waals surface area contributed by atoms with E-state index < -0.39 is 23.4 Å². The van der Waals surface area contributed by atoms with Gasteiger partial charge in [0.2, 0.25) is 10.7 Å². The van der Waals surface area contributed by atoms with Gasteiger partial charge in [0.05, 0.1) is 30.0 Å². The molecule has 1 spiro atoms. The van der Waals surface area contributed by atoms with Gasteiger partial charge in [-0.15, -0.1) is 14.5 Å². The van der Waals surface area contributed by atoms with Gasteiger partial charge in [0.1, 0.15) is 0 Å². The fraction of sp³-hybridized carbons (Fsp3) is 0.370. The van der Waals surface area contributed by atoms with Crippen molar-refractivity contribution >= 4 is 22.8 Å². The molecule has 38 heavy (non-hydrogen) atoms. The van der Waals surface area contributed by atoms with Crippen LogP contribution in [0.4, 0.5) is 19.0 Å². The van der Waals surface area contributed by atoms with Crippen LogP contribution >= 0.6 is 0 Å². The first-order valence-corrected chi connectivity index (χ1v) is 13.5. The van der Waals surface area contributed by atoms with E-state index >= 15 is 0 Å². The van der Waals surface area contributed by atoms with Crippen molar-refractivity contribution in [1.82, 2.24) is 23.9 Å². The molecule has 0 bridgehead atoms. The van der Waals surface area contributed by atoms with Crippen LogP contribution in [-0.4, -0.2) is 47.6 Å². The average molecular weight is 541 g/mol. The topological polar surface area (TPSA) is 72.6 Å². The summed E-state index contributed by atoms with van der Waals surface area (Å²) in [6.45, 7) is 5.01. The maximum atomic E-state index is 13.7. The fourth-order valence-corrected chi connectivity index (χ4v) is 6.73. The Bertz CT molecular complexity index is 1530. The number of alkyl halides is 3. The predicted molar refractivity (Wildman–Crippen MR) is 138 cm³/mol. The average Bonchev–Trinajstić information content (AvgIpc) is 3.54. The quantitative estimate of drug-likeness (QED) is 0.345. The van der Waals surface area contributed by atoms with Crippen molar-refractivity contribution < 1.29 is 17.7 Å². The Balaban J connectivity index is 1.29. The smallest absolute Gasteiger partial charge is 0.452 e. The maximum absolute atomic E-state index is 13.7. The summed E-state index contributed by atoms with van der Waals surface area (Å²) < 4.78 is 56.5. The zero-order valence-corrected chi connectivity index (χ0v) is 22.1. The third kappa shape index (κ3) is 4.22. The van der Waals surface area contributed by atoms with Crippen molar-refractivity contribution in [3.05, 3.63) is 82.4 Å². The number of aromatic nitrogens is 4. The van der Waals surface area contributed by atoms with Gasteiger partial charge in [0.25, 0.3) is 0 Å². The molecule has 11 heteroatoms. The number of likely N-dealkylation sites (N-methyl/N-ethyl adjacent to an activating group) is 1. The first kappa shape index (κ1) is 25.1. The van der Waals surface area contributed by atoms with Gasteiger partial charge < -0.3 is 9.45 Å². The Morgan fingerprint density at radius 3 is 2.61 bits per heavy atom. The van der Waals surface area contributed by atoms with Crippen LogP contribution in [-0.2, 0) is 30.5 Å². The molecule has 2 aliphatic rings. The fourth-order valence-electron chi connectivity index (χ4n) is 5.30. The van der Waals surface area contributed by atoms with Gasteiger partial charge >= 0.3 is 6.18 Å². The zero-order valence-electron chi connectivity index (χ0n) is 21.3. The van der Waals surface area contributed by atoms with E-state index in [9.17, 15) is 17.7 Å². The SMILES string of the molecule is Cc1ccc(Cc2ccn3c(C(F)(F)F)nnc3c2C)cc1CN1CC2(CC2)N(C)c2ncccc2[S+]1[O-]. The standard InChI is InChI=1S/C27H27F3N6OS/c1-17-6-7-19(13-20-8-12-36-23(18(20)2)32-33-25(36)27(28,29)30)14-21(17)15-35-16-26(9-10-26)34(3)24-22(38(35)37)5-4-11-31-24/h4-8,11-12,14H,9-10,13,15-16H2,1-3H3. The number of rotatable bonds is 4. The Morgan fingerprint density at radius 1 is 1.08 bits per heavy atom. The van der Waals surface area contributed by atoms with E-state index in [0.717, 1.165) is 50.2 Å². The highest BCUT2D eigenvalue weighted by molar-refractivity contribution is 7.89. The minimum atomic E-state index is -4.57. The number of fused-ring (bicyclic) bond motifs is 2. The van der Waals surface area contributed by atoms with Crippen LogP contribution in [0.2, 0.25) is 0 Å². The molecule has 4 heterocycles. The van der Waals surface area contributed by atoms with Gasteiger partial charge in [-0.3, -0.25) is 4.40 Å². The highest BCUT2D eigenvalue weighted by Crippen LogP contribution is 2.48. The van der Waals surface area contributed by atoms with Crippen molar-refractivity contribution in [3.63, 3.8) is 0 Å². The second kappa shape index (κ2) is 8.96. The van der Waals surface area contributed by atoms with Crippen molar-refractivity contribution in [2.24, 2.45) is 0 Å². The second-order valence-corrected chi connectivity index (χ2v) is 11.7. The van der Waals surface area contributed by atoms with Gasteiger partial charge in [-0.1, -0.05) is 18.2 Å². The molecule has 1 aliphatic carbocycles. The molecule has 7 nitrogen and oxygen atoms in total. The van der Waals surface area contributed by atoms with E-state index in [4.69, 9.17) is 0 Å². The van der Waals surface area contributed by atoms with Crippen LogP contribution in [0.25, 0.3) is 5.65 Å². The lowest BCUT2D eigenvalue weighted by Gasteiger charge is -2.28. The predicted octanol–water partition coefficient (Wildman–Crippen LogP) is 4.86. The van der Waals surface area contributed by atoms with E-state index in [0.29, 0.717) is 25.1 Å². The maximum Gasteiger partial charge on any atom is 0.452 e. The van der Waals surface area contributed by atoms with Crippen LogP contribution in [0.15, 0.2) is 53.7 Å². The lowest BCUT2D eigenvalue weighted by Crippen LogP contribution is -2.43. The summed E-state index contributed by atoms with van der Waals surface area (Å²) in [6, 6.07) is 11.6. The number of nitrogens with zero attached hydrogens (tertiary/aromatic N) is 6. The molecule has 6 rings (SSSR count). The number of hydrogen-bond acceptors (Lipinski definition) is 6. The highest BCUT2D eigenvalue weighted by Gasteiger charge is 2.53. The lowest BCUT2D eigenvalue weighted by atomic mass is 9.98. The molecule has 0 N–H and O–H groups in total. The molecular weight excluding hydrogens is 513 g/mol. The summed E-state index contributed by atoms with van der Waals surface area (Å²) in [5.74, 6) is -0.245. The van der Waals surface area contributed by atoms with Gasteiger partial charge in [0, 0.05) is 25.5 Å². The number of aryl methyl sites for hydroxylation is 2. The number of halogens is 3. The Hall–Kier alpha value is -3.15.